The van der Waals surface area contributed by atoms with Crippen LogP contribution in [0.2, 0.25) is 0 Å². The van der Waals surface area contributed by atoms with Crippen LogP contribution in [0.5, 0.6) is 0 Å². The number of hydrogen-bond acceptors (Lipinski definition) is 2. The fraction of sp³-hybridized carbons (Fsp3) is 0. The molecular formula is C7H6BNO2. The van der Waals surface area contributed by atoms with Gasteiger partial charge >= 0.3 is 5.97 Å². The molecule has 0 heterocycles. The lowest BCUT2D eigenvalue weighted by Crippen LogP contribution is -2.17. The third-order valence-electron chi connectivity index (χ3n) is 1.34. The van der Waals surface area contributed by atoms with E-state index in [0.29, 0.717) is 0 Å². The molecule has 0 bridgehead atoms. The molecule has 0 aliphatic carbocycles. The van der Waals surface area contributed by atoms with Gasteiger partial charge in [-0.1, -0.05) is 17.6 Å². The average molecular weight is 147 g/mol. The highest BCUT2D eigenvalue weighted by Gasteiger charge is 2.08. The van der Waals surface area contributed by atoms with Crippen LogP contribution in [-0.4, -0.2) is 18.9 Å². The first-order chi connectivity index (χ1) is 5.13. The van der Waals surface area contributed by atoms with Gasteiger partial charge in [0.15, 0.2) is 0 Å². The highest BCUT2D eigenvalue weighted by molar-refractivity contribution is 6.36. The van der Waals surface area contributed by atoms with Crippen LogP contribution >= 0.6 is 0 Å². The molecule has 0 fully saturated rings. The van der Waals surface area contributed by atoms with Crippen LogP contribution in [0.3, 0.4) is 0 Å². The van der Waals surface area contributed by atoms with E-state index in [1.54, 1.807) is 6.07 Å². The Kier molecular flexibility index (Phi) is 1.85. The van der Waals surface area contributed by atoms with E-state index in [0.717, 1.165) is 0 Å². The number of nitrogens with two attached hydrogens (primary N) is 1. The van der Waals surface area contributed by atoms with Gasteiger partial charge in [0, 0.05) is 5.69 Å². The van der Waals surface area contributed by atoms with Crippen molar-refractivity contribution < 1.29 is 9.90 Å². The first-order valence-electron chi connectivity index (χ1n) is 3.00. The van der Waals surface area contributed by atoms with E-state index in [-0.39, 0.29) is 16.7 Å². The molecule has 54 valence electrons. The second-order valence-electron chi connectivity index (χ2n) is 2.12. The van der Waals surface area contributed by atoms with E-state index < -0.39 is 5.97 Å². The Morgan fingerprint density at radius 3 is 2.55 bits per heavy atom. The van der Waals surface area contributed by atoms with Gasteiger partial charge in [0.25, 0.3) is 0 Å². The maximum Gasteiger partial charge on any atom is 0.337 e. The van der Waals surface area contributed by atoms with Gasteiger partial charge < -0.3 is 10.8 Å². The van der Waals surface area contributed by atoms with Crippen molar-refractivity contribution >= 4 is 25.0 Å². The Hall–Kier alpha value is -1.45. The first-order valence-corrected chi connectivity index (χ1v) is 3.00. The molecule has 3 nitrogen and oxygen atoms in total. The number of anilines is 1. The number of nitrogen functional groups attached to an aromatic ring is 1. The molecule has 0 saturated heterocycles. The van der Waals surface area contributed by atoms with E-state index in [1.807, 2.05) is 0 Å². The van der Waals surface area contributed by atoms with Crippen molar-refractivity contribution in [3.05, 3.63) is 23.8 Å². The minimum absolute atomic E-state index is 0.0208. The Morgan fingerprint density at radius 1 is 1.55 bits per heavy atom. The van der Waals surface area contributed by atoms with Gasteiger partial charge in [-0.3, -0.25) is 0 Å². The molecule has 1 aromatic rings. The summed E-state index contributed by atoms with van der Waals surface area (Å²) < 4.78 is 0. The van der Waals surface area contributed by atoms with Crippen molar-refractivity contribution in [1.82, 2.24) is 0 Å². The van der Waals surface area contributed by atoms with Gasteiger partial charge in [0.1, 0.15) is 7.85 Å². The van der Waals surface area contributed by atoms with Gasteiger partial charge in [0.2, 0.25) is 0 Å². The summed E-state index contributed by atoms with van der Waals surface area (Å²) >= 11 is 0. The molecule has 0 aromatic heterocycles. The molecule has 3 N–H and O–H groups in total. The molecule has 4 heteroatoms. The summed E-state index contributed by atoms with van der Waals surface area (Å²) in [4.78, 5) is 10.5. The summed E-state index contributed by atoms with van der Waals surface area (Å²) in [6.07, 6.45) is 0. The monoisotopic (exact) mass is 147 g/mol. The summed E-state index contributed by atoms with van der Waals surface area (Å²) in [6, 6.07) is 4.61. The third-order valence-corrected chi connectivity index (χ3v) is 1.34. The molecule has 0 saturated carbocycles. The molecule has 0 aliphatic heterocycles. The number of carboxylic acid groups (broad SMARTS) is 1. The lowest BCUT2D eigenvalue weighted by molar-refractivity contribution is 0.0699. The zero-order valence-corrected chi connectivity index (χ0v) is 5.74. The first kappa shape index (κ1) is 7.66. The number of carbonyl (C=O) groups is 1. The van der Waals surface area contributed by atoms with E-state index in [9.17, 15) is 4.79 Å². The van der Waals surface area contributed by atoms with Crippen molar-refractivity contribution in [3.63, 3.8) is 0 Å². The molecule has 1 rings (SSSR count). The standard InChI is InChI=1S/C7H6BNO2/c8-4-2-1-3-5(9)6(4)7(10)11/h1-3H,9H2,(H,10,11). The fourth-order valence-electron chi connectivity index (χ4n) is 0.836. The smallest absolute Gasteiger partial charge is 0.337 e. The van der Waals surface area contributed by atoms with E-state index >= 15 is 0 Å². The molecular weight excluding hydrogens is 141 g/mol. The number of benzene rings is 1. The van der Waals surface area contributed by atoms with Gasteiger partial charge in [-0.15, -0.1) is 0 Å². The van der Waals surface area contributed by atoms with Gasteiger partial charge in [-0.25, -0.2) is 4.79 Å². The number of hydrogen-bond donors (Lipinski definition) is 2. The largest absolute Gasteiger partial charge is 0.478 e. The van der Waals surface area contributed by atoms with Gasteiger partial charge in [0.05, 0.1) is 5.56 Å². The third kappa shape index (κ3) is 1.34. The van der Waals surface area contributed by atoms with Crippen LogP contribution in [-0.2, 0) is 0 Å². The molecule has 0 spiro atoms. The second kappa shape index (κ2) is 2.66. The highest BCUT2D eigenvalue weighted by atomic mass is 16.4. The van der Waals surface area contributed by atoms with Crippen LogP contribution in [0, 0.1) is 0 Å². The summed E-state index contributed by atoms with van der Waals surface area (Å²) in [5, 5.41) is 8.59. The maximum atomic E-state index is 10.5. The quantitative estimate of drug-likeness (QED) is 0.425. The molecule has 11 heavy (non-hydrogen) atoms. The minimum Gasteiger partial charge on any atom is -0.478 e. The SMILES string of the molecule is [B]c1cccc(N)c1C(=O)O. The van der Waals surface area contributed by atoms with Gasteiger partial charge in [-0.05, 0) is 6.07 Å². The Morgan fingerprint density at radius 2 is 2.18 bits per heavy atom. The molecule has 0 unspecified atom stereocenters. The van der Waals surface area contributed by atoms with Crippen LogP contribution in [0.25, 0.3) is 0 Å². The summed E-state index contributed by atoms with van der Waals surface area (Å²) in [5.74, 6) is -1.10. The predicted octanol–water partition coefficient (Wildman–Crippen LogP) is -0.239. The second-order valence-corrected chi connectivity index (χ2v) is 2.12. The summed E-state index contributed by atoms with van der Waals surface area (Å²) in [7, 11) is 5.36. The Balaban J connectivity index is 3.32. The molecule has 0 atom stereocenters. The average Bonchev–Trinajstić information content (AvgIpc) is 1.85. The number of aromatic carboxylic acids is 1. The normalized spacial score (nSPS) is 9.45. The number of rotatable bonds is 1. The zero-order chi connectivity index (χ0) is 8.43. The topological polar surface area (TPSA) is 63.3 Å². The van der Waals surface area contributed by atoms with Crippen molar-refractivity contribution in [3.8, 4) is 0 Å². The molecule has 1 aromatic carbocycles. The highest BCUT2D eigenvalue weighted by Crippen LogP contribution is 2.06. The Labute approximate surface area is 65.2 Å². The minimum atomic E-state index is -1.10. The lowest BCUT2D eigenvalue weighted by atomic mass is 9.90. The van der Waals surface area contributed by atoms with Gasteiger partial charge in [-0.2, -0.15) is 0 Å². The number of carboxylic acids is 1. The van der Waals surface area contributed by atoms with E-state index in [1.165, 1.54) is 12.1 Å². The maximum absolute atomic E-state index is 10.5. The van der Waals surface area contributed by atoms with Crippen molar-refractivity contribution in [2.75, 3.05) is 5.73 Å². The zero-order valence-electron chi connectivity index (χ0n) is 5.74. The molecule has 2 radical (unpaired) electrons. The summed E-state index contributed by atoms with van der Waals surface area (Å²) in [5.41, 5.74) is 5.72. The van der Waals surface area contributed by atoms with E-state index in [4.69, 9.17) is 18.7 Å². The van der Waals surface area contributed by atoms with Crippen LogP contribution in [0.15, 0.2) is 18.2 Å². The van der Waals surface area contributed by atoms with Crippen LogP contribution < -0.4 is 11.2 Å². The van der Waals surface area contributed by atoms with Crippen molar-refractivity contribution in [2.24, 2.45) is 0 Å². The lowest BCUT2D eigenvalue weighted by Gasteiger charge is -2.02. The van der Waals surface area contributed by atoms with Crippen LogP contribution in [0.4, 0.5) is 5.69 Å². The van der Waals surface area contributed by atoms with Crippen LogP contribution in [0.1, 0.15) is 10.4 Å². The molecule has 0 aliphatic rings. The van der Waals surface area contributed by atoms with Crippen molar-refractivity contribution in [1.29, 1.82) is 0 Å². The van der Waals surface area contributed by atoms with E-state index in [2.05, 4.69) is 0 Å². The predicted molar refractivity (Wildman–Crippen MR) is 43.2 cm³/mol. The van der Waals surface area contributed by atoms with Crippen molar-refractivity contribution in [2.45, 2.75) is 0 Å². The summed E-state index contributed by atoms with van der Waals surface area (Å²) in [6.45, 7) is 0. The molecule has 0 amide bonds. The fourth-order valence-corrected chi connectivity index (χ4v) is 0.836. The Bertz CT molecular complexity index is 278.